The molecule has 0 amide bonds. The molecule has 0 saturated heterocycles. The molecule has 0 radical (unpaired) electrons. The van der Waals surface area contributed by atoms with Gasteiger partial charge in [-0.15, -0.1) is 0 Å². The van der Waals surface area contributed by atoms with Crippen LogP contribution in [-0.2, 0) is 9.59 Å². The van der Waals surface area contributed by atoms with Crippen LogP contribution in [0.15, 0.2) is 18.2 Å². The molecule has 0 saturated carbocycles. The minimum Gasteiger partial charge on any atom is -0.490 e. The van der Waals surface area contributed by atoms with E-state index in [2.05, 4.69) is 20.8 Å². The van der Waals surface area contributed by atoms with Crippen molar-refractivity contribution in [3.63, 3.8) is 0 Å². The van der Waals surface area contributed by atoms with Crippen LogP contribution in [0.2, 0.25) is 0 Å². The molecule has 0 fully saturated rings. The van der Waals surface area contributed by atoms with Crippen molar-refractivity contribution >= 4 is 11.9 Å². The number of esters is 2. The quantitative estimate of drug-likeness (QED) is 0.0712. The third-order valence-corrected chi connectivity index (χ3v) is 6.86. The summed E-state index contributed by atoms with van der Waals surface area (Å²) in [6.45, 7) is 7.17. The summed E-state index contributed by atoms with van der Waals surface area (Å²) in [5.41, 5.74) is 0. The number of unbranched alkanes of at least 4 members (excludes halogenated alkanes) is 16. The molecule has 0 unspecified atom stereocenters. The molecule has 0 aliphatic carbocycles. The van der Waals surface area contributed by atoms with Crippen molar-refractivity contribution in [3.8, 4) is 17.2 Å². The zero-order chi connectivity index (χ0) is 27.7. The molecule has 1 rings (SSSR count). The molecule has 5 heteroatoms. The van der Waals surface area contributed by atoms with Crippen molar-refractivity contribution in [3.05, 3.63) is 18.2 Å². The van der Waals surface area contributed by atoms with E-state index in [0.29, 0.717) is 25.2 Å². The second kappa shape index (κ2) is 24.0. The number of carbonyl (C=O) groups is 2. The van der Waals surface area contributed by atoms with Crippen molar-refractivity contribution < 1.29 is 23.8 Å². The Balaban J connectivity index is 2.65. The zero-order valence-corrected chi connectivity index (χ0v) is 24.8. The normalized spacial score (nSPS) is 10.9. The van der Waals surface area contributed by atoms with Crippen LogP contribution in [0, 0.1) is 0 Å². The molecule has 1 aromatic rings. The fourth-order valence-corrected chi connectivity index (χ4v) is 4.47. The van der Waals surface area contributed by atoms with E-state index >= 15 is 0 Å². The van der Waals surface area contributed by atoms with Gasteiger partial charge in [0.25, 0.3) is 0 Å². The van der Waals surface area contributed by atoms with Gasteiger partial charge in [-0.05, 0) is 31.4 Å². The third-order valence-electron chi connectivity index (χ3n) is 6.86. The van der Waals surface area contributed by atoms with E-state index in [1.807, 2.05) is 0 Å². The highest BCUT2D eigenvalue weighted by Gasteiger charge is 2.19. The first-order valence-electron chi connectivity index (χ1n) is 15.8. The van der Waals surface area contributed by atoms with Gasteiger partial charge in [0.2, 0.25) is 5.75 Å². The maximum absolute atomic E-state index is 12.7. The fourth-order valence-electron chi connectivity index (χ4n) is 4.47. The SMILES string of the molecule is CCCCCCCCCC(=O)Oc1cccc(OCCCCCCC)c1OC(=O)CCCCCCCCC. The molecular weight excluding hydrogens is 476 g/mol. The van der Waals surface area contributed by atoms with Crippen molar-refractivity contribution in [2.75, 3.05) is 6.61 Å². The summed E-state index contributed by atoms with van der Waals surface area (Å²) in [5.74, 6) is 0.382. The van der Waals surface area contributed by atoms with Gasteiger partial charge in [0.15, 0.2) is 11.5 Å². The molecule has 218 valence electrons. The summed E-state index contributed by atoms with van der Waals surface area (Å²) in [4.78, 5) is 25.3. The topological polar surface area (TPSA) is 61.8 Å². The first-order chi connectivity index (χ1) is 18.6. The third kappa shape index (κ3) is 17.5. The van der Waals surface area contributed by atoms with Crippen molar-refractivity contribution in [1.29, 1.82) is 0 Å². The van der Waals surface area contributed by atoms with E-state index in [4.69, 9.17) is 14.2 Å². The highest BCUT2D eigenvalue weighted by atomic mass is 16.6. The number of hydrogen-bond acceptors (Lipinski definition) is 5. The highest BCUT2D eigenvalue weighted by Crippen LogP contribution is 2.38. The van der Waals surface area contributed by atoms with E-state index in [0.717, 1.165) is 51.4 Å². The number of carbonyl (C=O) groups excluding carboxylic acids is 2. The maximum Gasteiger partial charge on any atom is 0.311 e. The maximum atomic E-state index is 12.7. The van der Waals surface area contributed by atoms with Crippen LogP contribution in [0.1, 0.15) is 156 Å². The average molecular weight is 533 g/mol. The van der Waals surface area contributed by atoms with Gasteiger partial charge in [0.1, 0.15) is 0 Å². The Hall–Kier alpha value is -2.04. The number of benzene rings is 1. The molecule has 5 nitrogen and oxygen atoms in total. The number of ether oxygens (including phenoxy) is 3. The molecule has 0 aliphatic rings. The second-order valence-corrected chi connectivity index (χ2v) is 10.5. The second-order valence-electron chi connectivity index (χ2n) is 10.5. The molecule has 0 N–H and O–H groups in total. The van der Waals surface area contributed by atoms with Gasteiger partial charge in [0.05, 0.1) is 6.61 Å². The Kier molecular flexibility index (Phi) is 21.5. The number of para-hydroxylation sites is 1. The van der Waals surface area contributed by atoms with E-state index < -0.39 is 0 Å². The summed E-state index contributed by atoms with van der Waals surface area (Å²) in [5, 5.41) is 0. The zero-order valence-electron chi connectivity index (χ0n) is 24.8. The lowest BCUT2D eigenvalue weighted by Crippen LogP contribution is -2.13. The Morgan fingerprint density at radius 2 is 0.947 bits per heavy atom. The van der Waals surface area contributed by atoms with Crippen LogP contribution in [0.4, 0.5) is 0 Å². The number of hydrogen-bond donors (Lipinski definition) is 0. The van der Waals surface area contributed by atoms with Crippen LogP contribution in [-0.4, -0.2) is 18.5 Å². The summed E-state index contributed by atoms with van der Waals surface area (Å²) < 4.78 is 17.4. The Morgan fingerprint density at radius 3 is 1.47 bits per heavy atom. The summed E-state index contributed by atoms with van der Waals surface area (Å²) in [6.07, 6.45) is 22.3. The van der Waals surface area contributed by atoms with E-state index in [1.54, 1.807) is 18.2 Å². The summed E-state index contributed by atoms with van der Waals surface area (Å²) in [7, 11) is 0. The molecule has 38 heavy (non-hydrogen) atoms. The fraction of sp³-hybridized carbons (Fsp3) is 0.758. The van der Waals surface area contributed by atoms with E-state index in [9.17, 15) is 9.59 Å². The predicted octanol–water partition coefficient (Wildman–Crippen LogP) is 10.1. The predicted molar refractivity (Wildman–Crippen MR) is 157 cm³/mol. The molecule has 1 aromatic carbocycles. The molecular formula is C33H56O5. The van der Waals surface area contributed by atoms with Crippen molar-refractivity contribution in [2.45, 2.75) is 156 Å². The standard InChI is InChI=1S/C33H56O5/c1-4-7-10-13-15-17-20-26-31(34)37-30-25-23-24-29(36-28-22-19-12-9-6-3)33(30)38-32(35)27-21-18-16-14-11-8-5-2/h23-25H,4-22,26-28H2,1-3H3. The van der Waals surface area contributed by atoms with E-state index in [1.165, 1.54) is 70.6 Å². The van der Waals surface area contributed by atoms with Crippen LogP contribution < -0.4 is 14.2 Å². The van der Waals surface area contributed by atoms with Crippen LogP contribution in [0.3, 0.4) is 0 Å². The van der Waals surface area contributed by atoms with E-state index in [-0.39, 0.29) is 23.4 Å². The monoisotopic (exact) mass is 532 g/mol. The van der Waals surface area contributed by atoms with Gasteiger partial charge >= 0.3 is 11.9 Å². The van der Waals surface area contributed by atoms with Gasteiger partial charge in [-0.1, -0.05) is 130 Å². The molecule has 0 aromatic heterocycles. The van der Waals surface area contributed by atoms with Crippen LogP contribution in [0.5, 0.6) is 17.2 Å². The minimum absolute atomic E-state index is 0.238. The lowest BCUT2D eigenvalue weighted by atomic mass is 10.1. The molecule has 0 spiro atoms. The molecule has 0 aliphatic heterocycles. The Bertz CT molecular complexity index is 730. The van der Waals surface area contributed by atoms with Crippen LogP contribution >= 0.6 is 0 Å². The lowest BCUT2D eigenvalue weighted by molar-refractivity contribution is -0.137. The first kappa shape index (κ1) is 34.0. The van der Waals surface area contributed by atoms with Gasteiger partial charge in [0, 0.05) is 12.8 Å². The number of rotatable bonds is 25. The Labute approximate surface area is 233 Å². The lowest BCUT2D eigenvalue weighted by Gasteiger charge is -2.15. The van der Waals surface area contributed by atoms with Crippen LogP contribution in [0.25, 0.3) is 0 Å². The first-order valence-corrected chi connectivity index (χ1v) is 15.8. The van der Waals surface area contributed by atoms with Crippen molar-refractivity contribution in [1.82, 2.24) is 0 Å². The van der Waals surface area contributed by atoms with Crippen molar-refractivity contribution in [2.24, 2.45) is 0 Å². The molecule has 0 atom stereocenters. The molecule has 0 bridgehead atoms. The average Bonchev–Trinajstić information content (AvgIpc) is 2.91. The summed E-state index contributed by atoms with van der Waals surface area (Å²) in [6, 6.07) is 5.26. The van der Waals surface area contributed by atoms with Gasteiger partial charge in [-0.25, -0.2) is 0 Å². The highest BCUT2D eigenvalue weighted by molar-refractivity contribution is 5.77. The summed E-state index contributed by atoms with van der Waals surface area (Å²) >= 11 is 0. The molecule has 0 heterocycles. The smallest absolute Gasteiger partial charge is 0.311 e. The minimum atomic E-state index is -0.304. The van der Waals surface area contributed by atoms with Gasteiger partial charge in [-0.2, -0.15) is 0 Å². The van der Waals surface area contributed by atoms with Gasteiger partial charge < -0.3 is 14.2 Å². The largest absolute Gasteiger partial charge is 0.490 e. The Morgan fingerprint density at radius 1 is 0.526 bits per heavy atom. The van der Waals surface area contributed by atoms with Gasteiger partial charge in [-0.3, -0.25) is 9.59 Å².